The summed E-state index contributed by atoms with van der Waals surface area (Å²) in [6.45, 7) is 6.73. The Hall–Kier alpha value is -0.0400. The van der Waals surface area contributed by atoms with Gasteiger partial charge in [0, 0.05) is 0 Å². The molecule has 1 saturated carbocycles. The van der Waals surface area contributed by atoms with Gasteiger partial charge in [-0.15, -0.1) is 0 Å². The minimum Gasteiger partial charge on any atom is -0.390 e. The van der Waals surface area contributed by atoms with Gasteiger partial charge in [-0.2, -0.15) is 0 Å². The van der Waals surface area contributed by atoms with E-state index >= 15 is 0 Å². The third-order valence-electron chi connectivity index (χ3n) is 3.81. The Labute approximate surface area is 88.9 Å². The third-order valence-corrected chi connectivity index (χ3v) is 3.81. The molecule has 0 aromatic carbocycles. The molecule has 0 saturated heterocycles. The zero-order valence-electron chi connectivity index (χ0n) is 10.1. The summed E-state index contributed by atoms with van der Waals surface area (Å²) < 4.78 is 0. The fraction of sp³-hybridized carbons (Fsp3) is 1.00. The molecule has 0 amide bonds. The molecule has 1 aliphatic rings. The summed E-state index contributed by atoms with van der Waals surface area (Å²) in [4.78, 5) is 0. The van der Waals surface area contributed by atoms with Crippen LogP contribution in [0.25, 0.3) is 0 Å². The summed E-state index contributed by atoms with van der Waals surface area (Å²) in [6.07, 6.45) is 8.26. The van der Waals surface area contributed by atoms with Crippen molar-refractivity contribution in [2.24, 2.45) is 11.8 Å². The third kappa shape index (κ3) is 3.27. The average molecular weight is 198 g/mol. The van der Waals surface area contributed by atoms with E-state index in [1.807, 2.05) is 0 Å². The molecule has 2 unspecified atom stereocenters. The minimum absolute atomic E-state index is 0.326. The lowest BCUT2D eigenvalue weighted by Gasteiger charge is -2.38. The maximum absolute atomic E-state index is 10.5. The Kier molecular flexibility index (Phi) is 4.43. The molecule has 1 rings (SSSR count). The predicted octanol–water partition coefficient (Wildman–Crippen LogP) is 3.75. The van der Waals surface area contributed by atoms with Crippen LogP contribution in [-0.4, -0.2) is 10.7 Å². The lowest BCUT2D eigenvalue weighted by Crippen LogP contribution is -2.39. The smallest absolute Gasteiger partial charge is 0.0673 e. The van der Waals surface area contributed by atoms with Crippen molar-refractivity contribution in [2.75, 3.05) is 0 Å². The van der Waals surface area contributed by atoms with Gasteiger partial charge in [0.25, 0.3) is 0 Å². The van der Waals surface area contributed by atoms with Crippen LogP contribution in [0.3, 0.4) is 0 Å². The van der Waals surface area contributed by atoms with E-state index in [1.54, 1.807) is 0 Å². The zero-order valence-corrected chi connectivity index (χ0v) is 10.1. The van der Waals surface area contributed by atoms with Crippen molar-refractivity contribution in [2.45, 2.75) is 71.3 Å². The first-order chi connectivity index (χ1) is 6.54. The van der Waals surface area contributed by atoms with Crippen molar-refractivity contribution < 1.29 is 5.11 Å². The summed E-state index contributed by atoms with van der Waals surface area (Å²) in [7, 11) is 0. The molecule has 2 atom stereocenters. The highest BCUT2D eigenvalue weighted by Gasteiger charge is 2.34. The van der Waals surface area contributed by atoms with Crippen molar-refractivity contribution in [3.05, 3.63) is 0 Å². The number of rotatable bonds is 4. The van der Waals surface area contributed by atoms with Gasteiger partial charge in [-0.25, -0.2) is 0 Å². The molecule has 84 valence electrons. The molecular formula is C13H26O. The summed E-state index contributed by atoms with van der Waals surface area (Å²) in [5.74, 6) is 1.29. The van der Waals surface area contributed by atoms with E-state index in [2.05, 4.69) is 20.8 Å². The molecule has 0 bridgehead atoms. The van der Waals surface area contributed by atoms with Crippen LogP contribution >= 0.6 is 0 Å². The Morgan fingerprint density at radius 2 is 2.07 bits per heavy atom. The first-order valence-corrected chi connectivity index (χ1v) is 6.27. The molecule has 0 spiro atoms. The lowest BCUT2D eigenvalue weighted by molar-refractivity contribution is -0.0499. The van der Waals surface area contributed by atoms with E-state index in [-0.39, 0.29) is 5.60 Å². The first kappa shape index (κ1) is 12.0. The van der Waals surface area contributed by atoms with E-state index in [0.29, 0.717) is 5.92 Å². The average Bonchev–Trinajstić information content (AvgIpc) is 2.10. The molecule has 1 nitrogen and oxygen atoms in total. The number of aliphatic hydroxyl groups is 1. The summed E-state index contributed by atoms with van der Waals surface area (Å²) in [6, 6.07) is 0. The molecule has 0 aromatic rings. The van der Waals surface area contributed by atoms with Gasteiger partial charge in [0.15, 0.2) is 0 Å². The highest BCUT2D eigenvalue weighted by molar-refractivity contribution is 4.87. The fourth-order valence-electron chi connectivity index (χ4n) is 2.58. The maximum Gasteiger partial charge on any atom is 0.0673 e. The van der Waals surface area contributed by atoms with Crippen molar-refractivity contribution in [3.63, 3.8) is 0 Å². The van der Waals surface area contributed by atoms with E-state index < -0.39 is 0 Å². The molecular weight excluding hydrogens is 172 g/mol. The van der Waals surface area contributed by atoms with Crippen LogP contribution in [0.1, 0.15) is 65.7 Å². The Morgan fingerprint density at radius 1 is 1.36 bits per heavy atom. The summed E-state index contributed by atoms with van der Waals surface area (Å²) in [5.41, 5.74) is -0.326. The Balaban J connectivity index is 2.32. The van der Waals surface area contributed by atoms with Gasteiger partial charge in [-0.05, 0) is 31.1 Å². The van der Waals surface area contributed by atoms with Gasteiger partial charge in [0.1, 0.15) is 0 Å². The Bertz CT molecular complexity index is 165. The van der Waals surface area contributed by atoms with E-state index in [1.165, 1.54) is 32.1 Å². The van der Waals surface area contributed by atoms with E-state index in [0.717, 1.165) is 18.8 Å². The van der Waals surface area contributed by atoms with Gasteiger partial charge in [-0.3, -0.25) is 0 Å². The van der Waals surface area contributed by atoms with Crippen LogP contribution in [0, 0.1) is 11.8 Å². The van der Waals surface area contributed by atoms with Crippen LogP contribution in [0.2, 0.25) is 0 Å². The van der Waals surface area contributed by atoms with Gasteiger partial charge in [0.05, 0.1) is 5.60 Å². The van der Waals surface area contributed by atoms with Crippen LogP contribution in [-0.2, 0) is 0 Å². The van der Waals surface area contributed by atoms with E-state index in [4.69, 9.17) is 0 Å². The van der Waals surface area contributed by atoms with Crippen LogP contribution in [0.4, 0.5) is 0 Å². The van der Waals surface area contributed by atoms with Gasteiger partial charge < -0.3 is 5.11 Å². The second kappa shape index (κ2) is 5.16. The molecule has 0 aliphatic heterocycles. The first-order valence-electron chi connectivity index (χ1n) is 6.27. The second-order valence-electron chi connectivity index (χ2n) is 5.54. The normalized spacial score (nSPS) is 33.6. The summed E-state index contributed by atoms with van der Waals surface area (Å²) >= 11 is 0. The topological polar surface area (TPSA) is 20.2 Å². The van der Waals surface area contributed by atoms with Gasteiger partial charge >= 0.3 is 0 Å². The van der Waals surface area contributed by atoms with Gasteiger partial charge in [0.2, 0.25) is 0 Å². The number of hydrogen-bond acceptors (Lipinski definition) is 1. The summed E-state index contributed by atoms with van der Waals surface area (Å²) in [5, 5.41) is 10.5. The maximum atomic E-state index is 10.5. The lowest BCUT2D eigenvalue weighted by atomic mass is 9.73. The monoisotopic (exact) mass is 198 g/mol. The highest BCUT2D eigenvalue weighted by atomic mass is 16.3. The quantitative estimate of drug-likeness (QED) is 0.729. The fourth-order valence-corrected chi connectivity index (χ4v) is 2.58. The predicted molar refractivity (Wildman–Crippen MR) is 61.3 cm³/mol. The largest absolute Gasteiger partial charge is 0.390 e. The molecule has 14 heavy (non-hydrogen) atoms. The van der Waals surface area contributed by atoms with Crippen molar-refractivity contribution >= 4 is 0 Å². The molecule has 1 fully saturated rings. The van der Waals surface area contributed by atoms with Crippen LogP contribution < -0.4 is 0 Å². The van der Waals surface area contributed by atoms with Crippen molar-refractivity contribution in [3.8, 4) is 0 Å². The SMILES string of the molecule is CC(C)CCCC1(O)CCCCC1C. The Morgan fingerprint density at radius 3 is 2.64 bits per heavy atom. The zero-order chi connectivity index (χ0) is 10.6. The standard InChI is InChI=1S/C13H26O/c1-11(2)7-6-10-13(14)9-5-4-8-12(13)3/h11-12,14H,4-10H2,1-3H3. The number of hydrogen-bond donors (Lipinski definition) is 1. The highest BCUT2D eigenvalue weighted by Crippen LogP contribution is 2.37. The van der Waals surface area contributed by atoms with E-state index in [9.17, 15) is 5.11 Å². The van der Waals surface area contributed by atoms with Gasteiger partial charge in [-0.1, -0.05) is 46.5 Å². The molecule has 1 heteroatoms. The molecule has 1 aliphatic carbocycles. The van der Waals surface area contributed by atoms with Crippen LogP contribution in [0.15, 0.2) is 0 Å². The van der Waals surface area contributed by atoms with Crippen molar-refractivity contribution in [1.29, 1.82) is 0 Å². The van der Waals surface area contributed by atoms with Crippen LogP contribution in [0.5, 0.6) is 0 Å². The molecule has 0 heterocycles. The second-order valence-corrected chi connectivity index (χ2v) is 5.54. The molecule has 0 radical (unpaired) electrons. The minimum atomic E-state index is -0.326. The molecule has 0 aromatic heterocycles. The molecule has 1 N–H and O–H groups in total. The van der Waals surface area contributed by atoms with Crippen molar-refractivity contribution in [1.82, 2.24) is 0 Å².